The van der Waals surface area contributed by atoms with E-state index in [1.54, 1.807) is 43.4 Å². The average molecular weight is 330 g/mol. The number of aromatic amines is 1. The maximum atomic E-state index is 13.1. The van der Waals surface area contributed by atoms with Crippen LogP contribution < -0.4 is 5.56 Å². The molecule has 0 aliphatic heterocycles. The zero-order valence-corrected chi connectivity index (χ0v) is 13.0. The minimum Gasteiger partial charge on any atom is -0.295 e. The molecular formula is C17H13ClFN3O. The summed E-state index contributed by atoms with van der Waals surface area (Å²) >= 11 is 5.83. The van der Waals surface area contributed by atoms with Crippen molar-refractivity contribution in [2.45, 2.75) is 0 Å². The second-order valence-electron chi connectivity index (χ2n) is 5.01. The Labute approximate surface area is 136 Å². The number of rotatable bonds is 3. The predicted molar refractivity (Wildman–Crippen MR) is 90.1 cm³/mol. The van der Waals surface area contributed by atoms with Crippen molar-refractivity contribution in [1.29, 1.82) is 0 Å². The molecule has 1 N–H and O–H groups in total. The molecule has 0 amide bonds. The number of aliphatic imine (C=N–C) groups is 1. The molecule has 6 heteroatoms. The van der Waals surface area contributed by atoms with Gasteiger partial charge in [0.25, 0.3) is 5.56 Å². The van der Waals surface area contributed by atoms with Crippen molar-refractivity contribution in [1.82, 2.24) is 9.78 Å². The smallest absolute Gasteiger partial charge is 0.275 e. The molecule has 0 aliphatic rings. The topological polar surface area (TPSA) is 50.1 Å². The molecule has 0 saturated heterocycles. The summed E-state index contributed by atoms with van der Waals surface area (Å²) in [5.41, 5.74) is 2.19. The van der Waals surface area contributed by atoms with Crippen LogP contribution in [0.25, 0.3) is 11.3 Å². The highest BCUT2D eigenvalue weighted by Gasteiger charge is 2.12. The van der Waals surface area contributed by atoms with Gasteiger partial charge in [-0.15, -0.1) is 0 Å². The van der Waals surface area contributed by atoms with Crippen LogP contribution in [0.2, 0.25) is 5.02 Å². The van der Waals surface area contributed by atoms with Crippen LogP contribution in [-0.2, 0) is 7.05 Å². The number of nitrogens with one attached hydrogen (secondary N) is 1. The van der Waals surface area contributed by atoms with Crippen molar-refractivity contribution in [3.05, 3.63) is 75.3 Å². The molecule has 0 spiro atoms. The third-order valence-electron chi connectivity index (χ3n) is 3.39. The van der Waals surface area contributed by atoms with Gasteiger partial charge >= 0.3 is 0 Å². The minimum atomic E-state index is -0.330. The molecule has 3 aromatic rings. The van der Waals surface area contributed by atoms with Gasteiger partial charge < -0.3 is 0 Å². The molecule has 0 atom stereocenters. The van der Waals surface area contributed by atoms with Crippen LogP contribution in [0.1, 0.15) is 5.56 Å². The Morgan fingerprint density at radius 3 is 2.43 bits per heavy atom. The highest BCUT2D eigenvalue weighted by Crippen LogP contribution is 2.20. The molecule has 0 bridgehead atoms. The third-order valence-corrected chi connectivity index (χ3v) is 3.64. The highest BCUT2D eigenvalue weighted by molar-refractivity contribution is 6.30. The first-order chi connectivity index (χ1) is 11.0. The monoisotopic (exact) mass is 329 g/mol. The summed E-state index contributed by atoms with van der Waals surface area (Å²) in [6, 6.07) is 12.9. The molecule has 0 saturated carbocycles. The lowest BCUT2D eigenvalue weighted by atomic mass is 10.1. The Morgan fingerprint density at radius 2 is 1.78 bits per heavy atom. The number of benzene rings is 2. The lowest BCUT2D eigenvalue weighted by Gasteiger charge is -1.99. The van der Waals surface area contributed by atoms with Crippen LogP contribution in [0, 0.1) is 5.82 Å². The summed E-state index contributed by atoms with van der Waals surface area (Å²) in [5, 5.41) is 3.58. The molecule has 0 unspecified atom stereocenters. The maximum Gasteiger partial charge on any atom is 0.275 e. The summed E-state index contributed by atoms with van der Waals surface area (Å²) < 4.78 is 14.4. The van der Waals surface area contributed by atoms with Crippen LogP contribution in [0.15, 0.2) is 58.3 Å². The SMILES string of the molecule is Cn1[nH]c(-c2ccc(F)cc2)c(C=Nc2ccc(Cl)cc2)c1=O. The van der Waals surface area contributed by atoms with Gasteiger partial charge in [-0.1, -0.05) is 11.6 Å². The molecule has 3 rings (SSSR count). The minimum absolute atomic E-state index is 0.206. The number of hydrogen-bond donors (Lipinski definition) is 1. The fourth-order valence-corrected chi connectivity index (χ4v) is 2.31. The van der Waals surface area contributed by atoms with Crippen LogP contribution in [0.4, 0.5) is 10.1 Å². The number of aromatic nitrogens is 2. The Kier molecular flexibility index (Phi) is 4.12. The molecule has 2 aromatic carbocycles. The van der Waals surface area contributed by atoms with E-state index in [0.717, 1.165) is 0 Å². The van der Waals surface area contributed by atoms with Gasteiger partial charge in [-0.3, -0.25) is 19.6 Å². The number of H-pyrrole nitrogens is 1. The Balaban J connectivity index is 2.03. The van der Waals surface area contributed by atoms with Gasteiger partial charge in [0.1, 0.15) is 5.82 Å². The molecule has 0 radical (unpaired) electrons. The molecule has 0 fully saturated rings. The Hall–Kier alpha value is -2.66. The van der Waals surface area contributed by atoms with Gasteiger partial charge in [0.2, 0.25) is 0 Å². The predicted octanol–water partition coefficient (Wildman–Crippen LogP) is 3.92. The van der Waals surface area contributed by atoms with Gasteiger partial charge in [-0.05, 0) is 48.5 Å². The summed E-state index contributed by atoms with van der Waals surface area (Å²) in [6.45, 7) is 0. The summed E-state index contributed by atoms with van der Waals surface area (Å²) in [6.07, 6.45) is 1.50. The number of halogens is 2. The van der Waals surface area contributed by atoms with Crippen LogP contribution in [-0.4, -0.2) is 16.0 Å². The van der Waals surface area contributed by atoms with E-state index in [9.17, 15) is 9.18 Å². The second-order valence-corrected chi connectivity index (χ2v) is 5.44. The first-order valence-electron chi connectivity index (χ1n) is 6.89. The molecule has 116 valence electrons. The normalized spacial score (nSPS) is 11.3. The fraction of sp³-hybridized carbons (Fsp3) is 0.0588. The molecule has 23 heavy (non-hydrogen) atoms. The van der Waals surface area contributed by atoms with E-state index in [1.165, 1.54) is 23.0 Å². The van der Waals surface area contributed by atoms with Gasteiger partial charge in [-0.2, -0.15) is 0 Å². The van der Waals surface area contributed by atoms with Gasteiger partial charge in [0, 0.05) is 23.8 Å². The van der Waals surface area contributed by atoms with Crippen LogP contribution in [0.3, 0.4) is 0 Å². The lowest BCUT2D eigenvalue weighted by molar-refractivity contribution is 0.628. The van der Waals surface area contributed by atoms with E-state index in [2.05, 4.69) is 10.1 Å². The van der Waals surface area contributed by atoms with E-state index in [0.29, 0.717) is 27.5 Å². The standard InChI is InChI=1S/C17H13ClFN3O/c1-22-17(23)15(10-20-14-8-4-12(18)5-9-14)16(21-22)11-2-6-13(19)7-3-11/h2-10,21H,1H3. The number of nitrogens with zero attached hydrogens (tertiary/aromatic N) is 2. The van der Waals surface area contributed by atoms with E-state index in [4.69, 9.17) is 11.6 Å². The first kappa shape index (κ1) is 15.2. The number of hydrogen-bond acceptors (Lipinski definition) is 2. The van der Waals surface area contributed by atoms with Crippen molar-refractivity contribution < 1.29 is 4.39 Å². The van der Waals surface area contributed by atoms with Crippen LogP contribution >= 0.6 is 11.6 Å². The Bertz CT molecular complexity index is 909. The summed E-state index contributed by atoms with van der Waals surface area (Å²) in [7, 11) is 1.62. The first-order valence-corrected chi connectivity index (χ1v) is 7.27. The van der Waals surface area contributed by atoms with Gasteiger partial charge in [0.05, 0.1) is 16.9 Å². The molecule has 4 nitrogen and oxygen atoms in total. The summed E-state index contributed by atoms with van der Waals surface area (Å²) in [4.78, 5) is 16.6. The van der Waals surface area contributed by atoms with Gasteiger partial charge in [0.15, 0.2) is 0 Å². The molecule has 0 aliphatic carbocycles. The molecule has 1 heterocycles. The van der Waals surface area contributed by atoms with Crippen molar-refractivity contribution in [3.63, 3.8) is 0 Å². The zero-order valence-electron chi connectivity index (χ0n) is 12.3. The van der Waals surface area contributed by atoms with Crippen LogP contribution in [0.5, 0.6) is 0 Å². The zero-order chi connectivity index (χ0) is 16.4. The Morgan fingerprint density at radius 1 is 1.13 bits per heavy atom. The van der Waals surface area contributed by atoms with Crippen molar-refractivity contribution in [2.24, 2.45) is 12.0 Å². The largest absolute Gasteiger partial charge is 0.295 e. The number of aryl methyl sites for hydroxylation is 1. The van der Waals surface area contributed by atoms with E-state index < -0.39 is 0 Å². The van der Waals surface area contributed by atoms with E-state index in [-0.39, 0.29) is 11.4 Å². The maximum absolute atomic E-state index is 13.1. The van der Waals surface area contributed by atoms with Gasteiger partial charge in [-0.25, -0.2) is 4.39 Å². The lowest BCUT2D eigenvalue weighted by Crippen LogP contribution is -2.14. The molecular weight excluding hydrogens is 317 g/mol. The quantitative estimate of drug-likeness (QED) is 0.727. The van der Waals surface area contributed by atoms with Crippen molar-refractivity contribution >= 4 is 23.5 Å². The molecule has 1 aromatic heterocycles. The highest BCUT2D eigenvalue weighted by atomic mass is 35.5. The summed E-state index contributed by atoms with van der Waals surface area (Å²) in [5.74, 6) is -0.330. The second kappa shape index (κ2) is 6.22. The van der Waals surface area contributed by atoms with E-state index >= 15 is 0 Å². The van der Waals surface area contributed by atoms with Crippen molar-refractivity contribution in [2.75, 3.05) is 0 Å². The fourth-order valence-electron chi connectivity index (χ4n) is 2.19. The third kappa shape index (κ3) is 3.24. The van der Waals surface area contributed by atoms with Crippen molar-refractivity contribution in [3.8, 4) is 11.3 Å². The average Bonchev–Trinajstić information content (AvgIpc) is 2.83. The van der Waals surface area contributed by atoms with E-state index in [1.807, 2.05) is 0 Å².